The summed E-state index contributed by atoms with van der Waals surface area (Å²) in [7, 11) is 0. The molecule has 1 aromatic heterocycles. The fraction of sp³-hybridized carbons (Fsp3) is 0.357. The van der Waals surface area contributed by atoms with Crippen molar-refractivity contribution in [1.29, 1.82) is 0 Å². The van der Waals surface area contributed by atoms with Crippen molar-refractivity contribution in [2.24, 2.45) is 0 Å². The van der Waals surface area contributed by atoms with E-state index in [0.29, 0.717) is 10.5 Å². The van der Waals surface area contributed by atoms with Crippen molar-refractivity contribution in [3.63, 3.8) is 0 Å². The quantitative estimate of drug-likeness (QED) is 0.910. The average molecular weight is 324 g/mol. The molecule has 0 bridgehead atoms. The average Bonchev–Trinajstić information content (AvgIpc) is 3.05. The van der Waals surface area contributed by atoms with Crippen molar-refractivity contribution in [2.45, 2.75) is 25.3 Å². The van der Waals surface area contributed by atoms with Crippen LogP contribution in [-0.2, 0) is 6.42 Å². The second kappa shape index (κ2) is 5.43. The second-order valence-electron chi connectivity index (χ2n) is 4.87. The SMILES string of the molecule is Fc1ccc(-c2cnc(CC3CCCN3)[nH]2)cc1Br. The van der Waals surface area contributed by atoms with E-state index >= 15 is 0 Å². The number of imidazole rings is 1. The first-order chi connectivity index (χ1) is 9.22. The second-order valence-corrected chi connectivity index (χ2v) is 5.72. The Kier molecular flexibility index (Phi) is 3.66. The molecule has 0 amide bonds. The molecule has 2 aromatic rings. The number of aromatic nitrogens is 2. The first kappa shape index (κ1) is 12.8. The van der Waals surface area contributed by atoms with E-state index in [1.807, 2.05) is 6.20 Å². The molecule has 2 heterocycles. The van der Waals surface area contributed by atoms with E-state index < -0.39 is 0 Å². The highest BCUT2D eigenvalue weighted by Crippen LogP contribution is 2.24. The lowest BCUT2D eigenvalue weighted by molar-refractivity contribution is 0.589. The maximum atomic E-state index is 13.2. The van der Waals surface area contributed by atoms with E-state index in [1.165, 1.54) is 18.9 Å². The molecular weight excluding hydrogens is 309 g/mol. The number of nitrogens with one attached hydrogen (secondary N) is 2. The lowest BCUT2D eigenvalue weighted by atomic mass is 10.1. The smallest absolute Gasteiger partial charge is 0.137 e. The summed E-state index contributed by atoms with van der Waals surface area (Å²) in [4.78, 5) is 7.71. The first-order valence-corrected chi connectivity index (χ1v) is 7.24. The van der Waals surface area contributed by atoms with Crippen molar-refractivity contribution in [2.75, 3.05) is 6.54 Å². The molecule has 2 N–H and O–H groups in total. The van der Waals surface area contributed by atoms with Gasteiger partial charge in [-0.25, -0.2) is 9.37 Å². The number of aromatic amines is 1. The molecule has 1 fully saturated rings. The van der Waals surface area contributed by atoms with Gasteiger partial charge in [0.25, 0.3) is 0 Å². The molecule has 0 aliphatic carbocycles. The molecular formula is C14H15BrFN3. The molecule has 100 valence electrons. The number of hydrogen-bond acceptors (Lipinski definition) is 2. The van der Waals surface area contributed by atoms with Crippen LogP contribution in [0.25, 0.3) is 11.3 Å². The minimum absolute atomic E-state index is 0.251. The molecule has 5 heteroatoms. The Balaban J connectivity index is 1.78. The molecule has 0 spiro atoms. The molecule has 3 nitrogen and oxygen atoms in total. The van der Waals surface area contributed by atoms with Crippen LogP contribution in [0.3, 0.4) is 0 Å². The summed E-state index contributed by atoms with van der Waals surface area (Å²) < 4.78 is 13.7. The van der Waals surface area contributed by atoms with Crippen LogP contribution < -0.4 is 5.32 Å². The van der Waals surface area contributed by atoms with Gasteiger partial charge in [0.1, 0.15) is 11.6 Å². The summed E-state index contributed by atoms with van der Waals surface area (Å²) in [5.74, 6) is 0.730. The van der Waals surface area contributed by atoms with Gasteiger partial charge < -0.3 is 10.3 Å². The van der Waals surface area contributed by atoms with Crippen LogP contribution in [0.5, 0.6) is 0 Å². The summed E-state index contributed by atoms with van der Waals surface area (Å²) in [6, 6.07) is 5.50. The molecule has 19 heavy (non-hydrogen) atoms. The molecule has 1 saturated heterocycles. The molecule has 1 atom stereocenters. The van der Waals surface area contributed by atoms with Gasteiger partial charge in [-0.05, 0) is 53.5 Å². The highest BCUT2D eigenvalue weighted by Gasteiger charge is 2.16. The van der Waals surface area contributed by atoms with Gasteiger partial charge in [0, 0.05) is 18.0 Å². The minimum atomic E-state index is -0.251. The van der Waals surface area contributed by atoms with Crippen LogP contribution in [0.1, 0.15) is 18.7 Å². The van der Waals surface area contributed by atoms with E-state index in [1.54, 1.807) is 12.1 Å². The van der Waals surface area contributed by atoms with Crippen LogP contribution in [-0.4, -0.2) is 22.6 Å². The van der Waals surface area contributed by atoms with Crippen LogP contribution in [0.4, 0.5) is 4.39 Å². The largest absolute Gasteiger partial charge is 0.342 e. The van der Waals surface area contributed by atoms with Crippen LogP contribution in [0.2, 0.25) is 0 Å². The van der Waals surface area contributed by atoms with Gasteiger partial charge in [0.15, 0.2) is 0 Å². The number of halogens is 2. The van der Waals surface area contributed by atoms with Gasteiger partial charge in [0.05, 0.1) is 16.4 Å². The number of rotatable bonds is 3. The zero-order valence-corrected chi connectivity index (χ0v) is 12.0. The van der Waals surface area contributed by atoms with Gasteiger partial charge in [-0.1, -0.05) is 0 Å². The fourth-order valence-corrected chi connectivity index (χ4v) is 2.82. The van der Waals surface area contributed by atoms with Crippen molar-refractivity contribution in [1.82, 2.24) is 15.3 Å². The van der Waals surface area contributed by atoms with Gasteiger partial charge in [-0.2, -0.15) is 0 Å². The van der Waals surface area contributed by atoms with Gasteiger partial charge in [0.2, 0.25) is 0 Å². The lowest BCUT2D eigenvalue weighted by Crippen LogP contribution is -2.24. The Bertz CT molecular complexity index is 576. The predicted molar refractivity (Wildman–Crippen MR) is 76.4 cm³/mol. The van der Waals surface area contributed by atoms with Crippen LogP contribution in [0, 0.1) is 5.82 Å². The van der Waals surface area contributed by atoms with E-state index in [-0.39, 0.29) is 5.82 Å². The molecule has 0 radical (unpaired) electrons. The third-order valence-electron chi connectivity index (χ3n) is 3.46. The van der Waals surface area contributed by atoms with Gasteiger partial charge in [-0.3, -0.25) is 0 Å². The highest BCUT2D eigenvalue weighted by molar-refractivity contribution is 9.10. The van der Waals surface area contributed by atoms with E-state index in [0.717, 1.165) is 30.0 Å². The van der Waals surface area contributed by atoms with Gasteiger partial charge >= 0.3 is 0 Å². The number of H-pyrrole nitrogens is 1. The summed E-state index contributed by atoms with van der Waals surface area (Å²) >= 11 is 3.20. The van der Waals surface area contributed by atoms with Crippen molar-refractivity contribution in [3.8, 4) is 11.3 Å². The van der Waals surface area contributed by atoms with Crippen LogP contribution in [0.15, 0.2) is 28.9 Å². The monoisotopic (exact) mass is 323 g/mol. The normalized spacial score (nSPS) is 18.9. The lowest BCUT2D eigenvalue weighted by Gasteiger charge is -2.06. The number of hydrogen-bond donors (Lipinski definition) is 2. The number of nitrogens with zero attached hydrogens (tertiary/aromatic N) is 1. The first-order valence-electron chi connectivity index (χ1n) is 6.45. The maximum Gasteiger partial charge on any atom is 0.137 e. The third kappa shape index (κ3) is 2.87. The van der Waals surface area contributed by atoms with E-state index in [2.05, 4.69) is 31.2 Å². The Morgan fingerprint density at radius 2 is 2.32 bits per heavy atom. The van der Waals surface area contributed by atoms with Crippen molar-refractivity contribution in [3.05, 3.63) is 40.5 Å². The van der Waals surface area contributed by atoms with Crippen LogP contribution >= 0.6 is 15.9 Å². The van der Waals surface area contributed by atoms with Crippen molar-refractivity contribution < 1.29 is 4.39 Å². The minimum Gasteiger partial charge on any atom is -0.342 e. The summed E-state index contributed by atoms with van der Waals surface area (Å²) in [6.45, 7) is 1.10. The molecule has 1 unspecified atom stereocenters. The molecule has 0 saturated carbocycles. The predicted octanol–water partition coefficient (Wildman–Crippen LogP) is 3.27. The Morgan fingerprint density at radius 3 is 3.05 bits per heavy atom. The third-order valence-corrected chi connectivity index (χ3v) is 4.07. The molecule has 1 aromatic carbocycles. The number of benzene rings is 1. The standard InChI is InChI=1S/C14H15BrFN3/c15-11-6-9(3-4-12(11)16)13-8-18-14(19-13)7-10-2-1-5-17-10/h3-4,6,8,10,17H,1-2,5,7H2,(H,18,19). The zero-order chi connectivity index (χ0) is 13.2. The Morgan fingerprint density at radius 1 is 1.42 bits per heavy atom. The van der Waals surface area contributed by atoms with E-state index in [4.69, 9.17) is 0 Å². The van der Waals surface area contributed by atoms with Gasteiger partial charge in [-0.15, -0.1) is 0 Å². The Labute approximate surface area is 119 Å². The Hall–Kier alpha value is -1.20. The molecule has 1 aliphatic rings. The molecule has 3 rings (SSSR count). The zero-order valence-electron chi connectivity index (χ0n) is 10.4. The summed E-state index contributed by atoms with van der Waals surface area (Å²) in [5.41, 5.74) is 1.86. The van der Waals surface area contributed by atoms with E-state index in [9.17, 15) is 4.39 Å². The highest BCUT2D eigenvalue weighted by atomic mass is 79.9. The topological polar surface area (TPSA) is 40.7 Å². The maximum absolute atomic E-state index is 13.2. The van der Waals surface area contributed by atoms with Crippen molar-refractivity contribution >= 4 is 15.9 Å². The summed E-state index contributed by atoms with van der Waals surface area (Å²) in [5, 5.41) is 3.45. The fourth-order valence-electron chi connectivity index (χ4n) is 2.44. The summed E-state index contributed by atoms with van der Waals surface area (Å²) in [6.07, 6.45) is 5.17. The molecule has 1 aliphatic heterocycles.